The Morgan fingerprint density at radius 2 is 1.66 bits per heavy atom. The fourth-order valence-corrected chi connectivity index (χ4v) is 7.80. The van der Waals surface area contributed by atoms with Crippen LogP contribution in [0.5, 0.6) is 0 Å². The summed E-state index contributed by atoms with van der Waals surface area (Å²) in [5.41, 5.74) is -7.42. The second-order valence-electron chi connectivity index (χ2n) is 10.1. The van der Waals surface area contributed by atoms with Gasteiger partial charge in [-0.3, -0.25) is 0 Å². The lowest BCUT2D eigenvalue weighted by molar-refractivity contribution is -0.163. The lowest BCUT2D eigenvalue weighted by Crippen LogP contribution is -2.66. The van der Waals surface area contributed by atoms with E-state index in [0.29, 0.717) is 25.7 Å². The van der Waals surface area contributed by atoms with Crippen LogP contribution in [0.1, 0.15) is 39.0 Å². The van der Waals surface area contributed by atoms with Crippen molar-refractivity contribution in [2.24, 2.45) is 5.41 Å². The molecule has 2 aliphatic rings. The van der Waals surface area contributed by atoms with Crippen molar-refractivity contribution >= 4 is 26.8 Å². The van der Waals surface area contributed by atoms with Gasteiger partial charge in [-0.2, -0.15) is 21.6 Å². The minimum Gasteiger partial charge on any atom is -0.412 e. The molecule has 1 saturated carbocycles. The van der Waals surface area contributed by atoms with Crippen molar-refractivity contribution in [3.05, 3.63) is 11.8 Å². The second-order valence-corrected chi connectivity index (χ2v) is 20.6. The molecule has 2 aliphatic carbocycles. The molecule has 5 nitrogen and oxygen atoms in total. The summed E-state index contributed by atoms with van der Waals surface area (Å²) >= 11 is 0. The molecule has 0 amide bonds. The number of allylic oxidation sites excluding steroid dienone is 1. The van der Waals surface area contributed by atoms with Gasteiger partial charge in [0.15, 0.2) is 16.6 Å². The molecule has 29 heavy (non-hydrogen) atoms. The largest absolute Gasteiger partial charge is 0.534 e. The number of fused-ring (bicyclic) bond motifs is 1. The smallest absolute Gasteiger partial charge is 0.412 e. The first-order chi connectivity index (χ1) is 12.8. The molecular weight excluding hydrogens is 441 g/mol. The molecule has 0 radical (unpaired) electrons. The molecule has 0 aromatic carbocycles. The lowest BCUT2D eigenvalue weighted by Gasteiger charge is -2.60. The Kier molecular flexibility index (Phi) is 6.56. The summed E-state index contributed by atoms with van der Waals surface area (Å²) in [6.07, 6.45) is 3.98. The highest BCUT2D eigenvalue weighted by molar-refractivity contribution is 7.87. The third-order valence-electron chi connectivity index (χ3n) is 5.45. The molecule has 2 rings (SSSR count). The van der Waals surface area contributed by atoms with Gasteiger partial charge in [0, 0.05) is 0 Å². The maximum Gasteiger partial charge on any atom is 0.534 e. The van der Waals surface area contributed by atoms with Gasteiger partial charge in [0.2, 0.25) is 0 Å². The normalized spacial score (nSPS) is 31.8. The zero-order valence-corrected chi connectivity index (χ0v) is 21.1. The topological polar surface area (TPSA) is 61.8 Å². The zero-order chi connectivity index (χ0) is 22.5. The van der Waals surface area contributed by atoms with E-state index in [2.05, 4.69) is 19.6 Å². The van der Waals surface area contributed by atoms with E-state index in [1.54, 1.807) is 6.92 Å². The SMILES string of the molecule is C[C@]12CCC[C@H](O[Si](C)(C)C)[C@]1(O[Si](C)(C)C)CCC=C2OS(=O)(=O)C(F)(F)F. The number of hydrogen-bond donors (Lipinski definition) is 0. The van der Waals surface area contributed by atoms with Crippen LogP contribution in [0.3, 0.4) is 0 Å². The Labute approximate surface area is 174 Å². The highest BCUT2D eigenvalue weighted by Gasteiger charge is 2.63. The van der Waals surface area contributed by atoms with Gasteiger partial charge in [-0.15, -0.1) is 0 Å². The summed E-state index contributed by atoms with van der Waals surface area (Å²) in [4.78, 5) is 0. The maximum absolute atomic E-state index is 13.0. The molecular formula is C18H33F3O5SSi2. The number of rotatable bonds is 6. The van der Waals surface area contributed by atoms with Crippen molar-refractivity contribution in [1.29, 1.82) is 0 Å². The van der Waals surface area contributed by atoms with Crippen LogP contribution < -0.4 is 0 Å². The van der Waals surface area contributed by atoms with Crippen LogP contribution in [0, 0.1) is 5.41 Å². The number of alkyl halides is 3. The van der Waals surface area contributed by atoms with Gasteiger partial charge in [0.1, 0.15) is 5.76 Å². The van der Waals surface area contributed by atoms with Crippen LogP contribution in [0.2, 0.25) is 39.3 Å². The van der Waals surface area contributed by atoms with Crippen molar-refractivity contribution in [3.63, 3.8) is 0 Å². The second kappa shape index (κ2) is 7.65. The van der Waals surface area contributed by atoms with Gasteiger partial charge in [0.05, 0.1) is 17.1 Å². The Bertz CT molecular complexity index is 755. The highest BCUT2D eigenvalue weighted by Crippen LogP contribution is 2.58. The molecule has 0 spiro atoms. The average Bonchev–Trinajstić information content (AvgIpc) is 2.46. The summed E-state index contributed by atoms with van der Waals surface area (Å²) in [5, 5.41) is 0. The first-order valence-corrected chi connectivity index (χ1v) is 18.1. The molecule has 0 aliphatic heterocycles. The summed E-state index contributed by atoms with van der Waals surface area (Å²) < 4.78 is 80.6. The van der Waals surface area contributed by atoms with Crippen LogP contribution in [0.4, 0.5) is 13.2 Å². The van der Waals surface area contributed by atoms with Gasteiger partial charge >= 0.3 is 15.6 Å². The van der Waals surface area contributed by atoms with Crippen molar-refractivity contribution in [1.82, 2.24) is 0 Å². The van der Waals surface area contributed by atoms with Crippen LogP contribution in [0.25, 0.3) is 0 Å². The number of hydrogen-bond acceptors (Lipinski definition) is 5. The Hall–Kier alpha value is -0.366. The summed E-state index contributed by atoms with van der Waals surface area (Å²) in [6.45, 7) is 14.0. The van der Waals surface area contributed by atoms with E-state index in [0.717, 1.165) is 6.42 Å². The first-order valence-electron chi connectivity index (χ1n) is 9.92. The quantitative estimate of drug-likeness (QED) is 0.288. The van der Waals surface area contributed by atoms with Gasteiger partial charge in [-0.1, -0.05) is 0 Å². The molecule has 0 aromatic heterocycles. The third kappa shape index (κ3) is 5.11. The van der Waals surface area contributed by atoms with Crippen LogP contribution >= 0.6 is 0 Å². The van der Waals surface area contributed by atoms with E-state index in [1.165, 1.54) is 6.08 Å². The molecule has 0 saturated heterocycles. The molecule has 170 valence electrons. The van der Waals surface area contributed by atoms with E-state index >= 15 is 0 Å². The average molecular weight is 475 g/mol. The van der Waals surface area contributed by atoms with Crippen molar-refractivity contribution in [3.8, 4) is 0 Å². The third-order valence-corrected chi connectivity index (χ3v) is 8.39. The van der Waals surface area contributed by atoms with Crippen LogP contribution in [-0.4, -0.2) is 42.3 Å². The Morgan fingerprint density at radius 1 is 1.07 bits per heavy atom. The molecule has 1 fully saturated rings. The van der Waals surface area contributed by atoms with Gasteiger partial charge in [0.25, 0.3) is 0 Å². The van der Waals surface area contributed by atoms with Crippen LogP contribution in [-0.2, 0) is 23.2 Å². The van der Waals surface area contributed by atoms with E-state index in [4.69, 9.17) is 13.0 Å². The molecule has 0 unspecified atom stereocenters. The Morgan fingerprint density at radius 3 is 2.14 bits per heavy atom. The summed E-state index contributed by atoms with van der Waals surface area (Å²) in [5.74, 6) is -0.164. The molecule has 3 atom stereocenters. The minimum absolute atomic E-state index is 0.164. The number of halogens is 3. The summed E-state index contributed by atoms with van der Waals surface area (Å²) in [6, 6.07) is 0. The van der Waals surface area contributed by atoms with Gasteiger partial charge < -0.3 is 13.0 Å². The van der Waals surface area contributed by atoms with Gasteiger partial charge in [-0.25, -0.2) is 0 Å². The van der Waals surface area contributed by atoms with Crippen LogP contribution in [0.15, 0.2) is 11.8 Å². The predicted octanol–water partition coefficient (Wildman–Crippen LogP) is 5.53. The minimum atomic E-state index is -5.75. The van der Waals surface area contributed by atoms with Gasteiger partial charge in [-0.05, 0) is 84.4 Å². The molecule has 0 aromatic rings. The molecule has 0 heterocycles. The van der Waals surface area contributed by atoms with Crippen molar-refractivity contribution in [2.45, 2.75) is 95.5 Å². The zero-order valence-electron chi connectivity index (χ0n) is 18.3. The molecule has 0 N–H and O–H groups in total. The first kappa shape index (κ1) is 24.9. The summed E-state index contributed by atoms with van der Waals surface area (Å²) in [7, 11) is -9.92. The monoisotopic (exact) mass is 474 g/mol. The maximum atomic E-state index is 13.0. The predicted molar refractivity (Wildman–Crippen MR) is 111 cm³/mol. The van der Waals surface area contributed by atoms with E-state index in [9.17, 15) is 21.6 Å². The van der Waals surface area contributed by atoms with E-state index < -0.39 is 43.3 Å². The fraction of sp³-hybridized carbons (Fsp3) is 0.889. The molecule has 11 heteroatoms. The lowest BCUT2D eigenvalue weighted by atomic mass is 9.58. The van der Waals surface area contributed by atoms with E-state index in [-0.39, 0.29) is 11.9 Å². The van der Waals surface area contributed by atoms with Crippen molar-refractivity contribution < 1.29 is 34.6 Å². The van der Waals surface area contributed by atoms with Crippen molar-refractivity contribution in [2.75, 3.05) is 0 Å². The fourth-order valence-electron chi connectivity index (χ4n) is 4.50. The Balaban J connectivity index is 2.57. The standard InChI is InChI=1S/C18H33F3O5SSi2/c1-16-12-8-11-15(25-28(2,3)4)17(16,26-29(5,6)7)13-9-10-14(16)24-27(22,23)18(19,20)21/h10,15H,8-9,11-13H2,1-7H3/t15-,16+,17+/m0/s1. The highest BCUT2D eigenvalue weighted by atomic mass is 32.2. The van der Waals surface area contributed by atoms with E-state index in [1.807, 2.05) is 19.6 Å². The molecule has 0 bridgehead atoms.